The summed E-state index contributed by atoms with van der Waals surface area (Å²) in [5.74, 6) is 0. The first-order valence-electron chi connectivity index (χ1n) is 4.73. The Labute approximate surface area is 98.4 Å². The van der Waals surface area contributed by atoms with Gasteiger partial charge in [-0.2, -0.15) is 8.42 Å². The van der Waals surface area contributed by atoms with E-state index in [9.17, 15) is 8.42 Å². The van der Waals surface area contributed by atoms with Crippen LogP contribution in [0.25, 0.3) is 0 Å². The second-order valence-electron chi connectivity index (χ2n) is 3.13. The standard InChI is InChI=1S/C11H9NO4S/c13-17(14,11-4-2-1-3-5-11)16-12-8-10-6-7-15-9-10/h1-9H. The molecule has 1 heterocycles. The smallest absolute Gasteiger partial charge is 0.358 e. The molecule has 0 aliphatic rings. The molecule has 0 saturated carbocycles. The molecule has 0 fully saturated rings. The van der Waals surface area contributed by atoms with Crippen LogP contribution >= 0.6 is 0 Å². The van der Waals surface area contributed by atoms with Gasteiger partial charge in [-0.25, -0.2) is 0 Å². The minimum Gasteiger partial charge on any atom is -0.472 e. The van der Waals surface area contributed by atoms with E-state index in [1.807, 2.05) is 0 Å². The van der Waals surface area contributed by atoms with Gasteiger partial charge in [-0.3, -0.25) is 4.28 Å². The number of nitrogens with zero attached hydrogens (tertiary/aromatic N) is 1. The zero-order valence-corrected chi connectivity index (χ0v) is 9.50. The van der Waals surface area contributed by atoms with E-state index in [0.717, 1.165) is 0 Å². The molecule has 0 unspecified atom stereocenters. The van der Waals surface area contributed by atoms with Crippen LogP contribution in [0.15, 0.2) is 63.4 Å². The van der Waals surface area contributed by atoms with Crippen LogP contribution in [0.1, 0.15) is 5.56 Å². The lowest BCUT2D eigenvalue weighted by atomic mass is 10.4. The molecule has 0 saturated heterocycles. The summed E-state index contributed by atoms with van der Waals surface area (Å²) in [4.78, 5) is 0.0596. The highest BCUT2D eigenvalue weighted by atomic mass is 32.2. The molecule has 1 aromatic heterocycles. The Kier molecular flexibility index (Phi) is 3.24. The Morgan fingerprint density at radius 3 is 2.59 bits per heavy atom. The van der Waals surface area contributed by atoms with Crippen molar-refractivity contribution in [1.29, 1.82) is 0 Å². The largest absolute Gasteiger partial charge is 0.472 e. The highest BCUT2D eigenvalue weighted by molar-refractivity contribution is 7.86. The van der Waals surface area contributed by atoms with E-state index < -0.39 is 10.1 Å². The molecule has 0 aliphatic heterocycles. The van der Waals surface area contributed by atoms with E-state index in [0.29, 0.717) is 5.56 Å². The SMILES string of the molecule is O=S(=O)(ON=Cc1ccoc1)c1ccccc1. The molecule has 17 heavy (non-hydrogen) atoms. The van der Waals surface area contributed by atoms with Crippen molar-refractivity contribution in [1.82, 2.24) is 0 Å². The molecule has 88 valence electrons. The molecule has 5 nitrogen and oxygen atoms in total. The van der Waals surface area contributed by atoms with Crippen molar-refractivity contribution in [2.75, 3.05) is 0 Å². The van der Waals surface area contributed by atoms with Crippen molar-refractivity contribution >= 4 is 16.3 Å². The van der Waals surface area contributed by atoms with Gasteiger partial charge in [0.2, 0.25) is 0 Å². The molecule has 0 aliphatic carbocycles. The number of hydrogen-bond donors (Lipinski definition) is 0. The summed E-state index contributed by atoms with van der Waals surface area (Å²) < 4.78 is 32.5. The fourth-order valence-electron chi connectivity index (χ4n) is 1.12. The van der Waals surface area contributed by atoms with Crippen LogP contribution in [0, 0.1) is 0 Å². The van der Waals surface area contributed by atoms with Crippen LogP contribution in [0.2, 0.25) is 0 Å². The van der Waals surface area contributed by atoms with Crippen LogP contribution in [-0.2, 0) is 14.4 Å². The first kappa shape index (κ1) is 11.4. The van der Waals surface area contributed by atoms with Crippen LogP contribution in [0.4, 0.5) is 0 Å². The lowest BCUT2D eigenvalue weighted by Crippen LogP contribution is -2.02. The van der Waals surface area contributed by atoms with Crippen LogP contribution < -0.4 is 0 Å². The first-order chi connectivity index (χ1) is 8.18. The molecule has 0 atom stereocenters. The Hall–Kier alpha value is -2.08. The number of benzene rings is 1. The van der Waals surface area contributed by atoms with Crippen molar-refractivity contribution in [3.05, 3.63) is 54.5 Å². The topological polar surface area (TPSA) is 68.9 Å². The predicted octanol–water partition coefficient (Wildman–Crippen LogP) is 2.02. The molecule has 0 amide bonds. The Morgan fingerprint density at radius 2 is 1.94 bits per heavy atom. The van der Waals surface area contributed by atoms with Gasteiger partial charge in [0.15, 0.2) is 0 Å². The summed E-state index contributed by atoms with van der Waals surface area (Å²) in [5.41, 5.74) is 0.619. The van der Waals surface area contributed by atoms with E-state index in [4.69, 9.17) is 4.42 Å². The number of furan rings is 1. The van der Waals surface area contributed by atoms with E-state index in [1.54, 1.807) is 24.3 Å². The van der Waals surface area contributed by atoms with Gasteiger partial charge in [0.25, 0.3) is 0 Å². The average molecular weight is 251 g/mol. The molecular formula is C11H9NO4S. The lowest BCUT2D eigenvalue weighted by molar-refractivity contribution is 0.341. The van der Waals surface area contributed by atoms with E-state index >= 15 is 0 Å². The Bertz CT molecular complexity index is 588. The van der Waals surface area contributed by atoms with Crippen molar-refractivity contribution in [3.8, 4) is 0 Å². The van der Waals surface area contributed by atoms with E-state index in [2.05, 4.69) is 9.44 Å². The quantitative estimate of drug-likeness (QED) is 0.615. The maximum absolute atomic E-state index is 11.6. The molecule has 2 aromatic rings. The summed E-state index contributed by atoms with van der Waals surface area (Å²) in [5, 5.41) is 3.39. The molecular weight excluding hydrogens is 242 g/mol. The number of hydrogen-bond acceptors (Lipinski definition) is 5. The fourth-order valence-corrected chi connectivity index (χ4v) is 1.85. The lowest BCUT2D eigenvalue weighted by Gasteiger charge is -1.99. The number of oxime groups is 1. The third-order valence-corrected chi connectivity index (χ3v) is 3.05. The van der Waals surface area contributed by atoms with Gasteiger partial charge >= 0.3 is 10.1 Å². The van der Waals surface area contributed by atoms with Crippen LogP contribution in [-0.4, -0.2) is 14.6 Å². The maximum atomic E-state index is 11.6. The normalized spacial score (nSPS) is 11.8. The van der Waals surface area contributed by atoms with Crippen LogP contribution in [0.5, 0.6) is 0 Å². The highest BCUT2D eigenvalue weighted by Crippen LogP contribution is 2.11. The number of rotatable bonds is 4. The van der Waals surface area contributed by atoms with Gasteiger partial charge in [0.1, 0.15) is 4.90 Å². The zero-order chi connectivity index (χ0) is 12.1. The fraction of sp³-hybridized carbons (Fsp3) is 0. The summed E-state index contributed by atoms with van der Waals surface area (Å²) in [6, 6.07) is 9.42. The second-order valence-corrected chi connectivity index (χ2v) is 4.66. The van der Waals surface area contributed by atoms with Gasteiger partial charge in [-0.1, -0.05) is 23.4 Å². The second kappa shape index (κ2) is 4.84. The summed E-state index contributed by atoms with van der Waals surface area (Å²) in [7, 11) is -3.84. The molecule has 6 heteroatoms. The van der Waals surface area contributed by atoms with E-state index in [1.165, 1.54) is 30.9 Å². The highest BCUT2D eigenvalue weighted by Gasteiger charge is 2.14. The average Bonchev–Trinajstić information content (AvgIpc) is 2.83. The van der Waals surface area contributed by atoms with Crippen molar-refractivity contribution < 1.29 is 17.1 Å². The maximum Gasteiger partial charge on any atom is 0.358 e. The van der Waals surface area contributed by atoms with Gasteiger partial charge in [-0.15, -0.1) is 0 Å². The monoisotopic (exact) mass is 251 g/mol. The van der Waals surface area contributed by atoms with Crippen molar-refractivity contribution in [2.24, 2.45) is 5.16 Å². The van der Waals surface area contributed by atoms with Gasteiger partial charge < -0.3 is 4.42 Å². The third kappa shape index (κ3) is 2.94. The summed E-state index contributed by atoms with van der Waals surface area (Å²) in [6.45, 7) is 0. The Balaban J connectivity index is 2.09. The minimum absolute atomic E-state index is 0.0596. The predicted molar refractivity (Wildman–Crippen MR) is 61.0 cm³/mol. The molecule has 1 aromatic carbocycles. The molecule has 0 radical (unpaired) electrons. The minimum atomic E-state index is -3.84. The Morgan fingerprint density at radius 1 is 1.18 bits per heavy atom. The molecule has 0 N–H and O–H groups in total. The summed E-state index contributed by atoms with van der Waals surface area (Å²) >= 11 is 0. The molecule has 0 spiro atoms. The van der Waals surface area contributed by atoms with Gasteiger partial charge in [-0.05, 0) is 18.2 Å². The molecule has 0 bridgehead atoms. The zero-order valence-electron chi connectivity index (χ0n) is 8.68. The third-order valence-electron chi connectivity index (χ3n) is 1.92. The summed E-state index contributed by atoms with van der Waals surface area (Å²) in [6.07, 6.45) is 4.12. The van der Waals surface area contributed by atoms with Gasteiger partial charge in [0.05, 0.1) is 18.7 Å². The van der Waals surface area contributed by atoms with Crippen molar-refractivity contribution in [2.45, 2.75) is 4.90 Å². The van der Waals surface area contributed by atoms with Crippen LogP contribution in [0.3, 0.4) is 0 Å². The van der Waals surface area contributed by atoms with E-state index in [-0.39, 0.29) is 4.90 Å². The first-order valence-corrected chi connectivity index (χ1v) is 6.13. The molecule has 2 rings (SSSR count). The van der Waals surface area contributed by atoms with Gasteiger partial charge in [0, 0.05) is 5.56 Å². The van der Waals surface area contributed by atoms with Crippen molar-refractivity contribution in [3.63, 3.8) is 0 Å².